The van der Waals surface area contributed by atoms with E-state index in [-0.39, 0.29) is 0 Å². The standard InChI is InChI=1S/C10H12N2OS/c1-7-12-10(9(6-11)14-7)8-2-4-13-5-3-8/h8H,2-5H2,1H3. The van der Waals surface area contributed by atoms with Gasteiger partial charge in [-0.15, -0.1) is 11.3 Å². The maximum Gasteiger partial charge on any atom is 0.128 e. The molecule has 2 rings (SSSR count). The van der Waals surface area contributed by atoms with Gasteiger partial charge >= 0.3 is 0 Å². The first-order chi connectivity index (χ1) is 6.81. The molecule has 0 unspecified atom stereocenters. The van der Waals surface area contributed by atoms with Crippen LogP contribution in [0.3, 0.4) is 0 Å². The van der Waals surface area contributed by atoms with Crippen LogP contribution < -0.4 is 0 Å². The molecule has 1 aliphatic heterocycles. The highest BCUT2D eigenvalue weighted by atomic mass is 32.1. The summed E-state index contributed by atoms with van der Waals surface area (Å²) in [6, 6.07) is 2.23. The Morgan fingerprint density at radius 2 is 2.21 bits per heavy atom. The Balaban J connectivity index is 2.25. The second kappa shape index (κ2) is 4.07. The van der Waals surface area contributed by atoms with E-state index >= 15 is 0 Å². The van der Waals surface area contributed by atoms with Gasteiger partial charge in [0, 0.05) is 19.1 Å². The molecule has 0 N–H and O–H groups in total. The average Bonchev–Trinajstić information content (AvgIpc) is 2.61. The first-order valence-electron chi connectivity index (χ1n) is 4.76. The van der Waals surface area contributed by atoms with Crippen molar-refractivity contribution >= 4 is 11.3 Å². The van der Waals surface area contributed by atoms with Gasteiger partial charge in [0.15, 0.2) is 0 Å². The molecule has 0 aliphatic carbocycles. The van der Waals surface area contributed by atoms with E-state index in [0.717, 1.165) is 41.6 Å². The van der Waals surface area contributed by atoms with E-state index in [1.54, 1.807) is 0 Å². The lowest BCUT2D eigenvalue weighted by Crippen LogP contribution is -2.15. The van der Waals surface area contributed by atoms with Gasteiger partial charge in [-0.3, -0.25) is 0 Å². The van der Waals surface area contributed by atoms with E-state index in [9.17, 15) is 0 Å². The lowest BCUT2D eigenvalue weighted by Gasteiger charge is -2.20. The maximum absolute atomic E-state index is 8.95. The number of ether oxygens (including phenoxy) is 1. The number of aromatic nitrogens is 1. The zero-order chi connectivity index (χ0) is 9.97. The third-order valence-corrected chi connectivity index (χ3v) is 3.36. The number of nitriles is 1. The molecule has 0 radical (unpaired) electrons. The summed E-state index contributed by atoms with van der Waals surface area (Å²) in [6.07, 6.45) is 2.00. The minimum atomic E-state index is 0.434. The van der Waals surface area contributed by atoms with Gasteiger partial charge < -0.3 is 4.74 Å². The molecule has 1 aromatic rings. The molecule has 0 spiro atoms. The van der Waals surface area contributed by atoms with Gasteiger partial charge in [0.1, 0.15) is 10.9 Å². The van der Waals surface area contributed by atoms with E-state index in [1.165, 1.54) is 11.3 Å². The Morgan fingerprint density at radius 3 is 2.86 bits per heavy atom. The molecule has 1 aliphatic rings. The van der Waals surface area contributed by atoms with Crippen LogP contribution in [0.1, 0.15) is 34.3 Å². The summed E-state index contributed by atoms with van der Waals surface area (Å²) < 4.78 is 5.29. The molecule has 2 heterocycles. The van der Waals surface area contributed by atoms with Crippen LogP contribution in [-0.4, -0.2) is 18.2 Å². The highest BCUT2D eigenvalue weighted by molar-refractivity contribution is 7.12. The van der Waals surface area contributed by atoms with Crippen LogP contribution in [0.5, 0.6) is 0 Å². The molecule has 0 atom stereocenters. The topological polar surface area (TPSA) is 45.9 Å². The molecule has 0 bridgehead atoms. The van der Waals surface area contributed by atoms with Crippen LogP contribution in [0.25, 0.3) is 0 Å². The van der Waals surface area contributed by atoms with Crippen LogP contribution in [-0.2, 0) is 4.74 Å². The summed E-state index contributed by atoms with van der Waals surface area (Å²) in [5.74, 6) is 0.434. The largest absolute Gasteiger partial charge is 0.381 e. The SMILES string of the molecule is Cc1nc(C2CCOCC2)c(C#N)s1. The minimum absolute atomic E-state index is 0.434. The Kier molecular flexibility index (Phi) is 2.80. The van der Waals surface area contributed by atoms with Crippen LogP contribution in [0.4, 0.5) is 0 Å². The molecule has 0 aromatic carbocycles. The molecule has 1 saturated heterocycles. The van der Waals surface area contributed by atoms with Crippen molar-refractivity contribution < 1.29 is 4.74 Å². The third-order valence-electron chi connectivity index (χ3n) is 2.47. The van der Waals surface area contributed by atoms with Crippen LogP contribution in [0.15, 0.2) is 0 Å². The van der Waals surface area contributed by atoms with Crippen molar-refractivity contribution in [2.24, 2.45) is 0 Å². The minimum Gasteiger partial charge on any atom is -0.381 e. The lowest BCUT2D eigenvalue weighted by molar-refractivity contribution is 0.0845. The smallest absolute Gasteiger partial charge is 0.128 e. The molecule has 1 fully saturated rings. The Bertz CT molecular complexity index is 361. The maximum atomic E-state index is 8.95. The van der Waals surface area contributed by atoms with Crippen molar-refractivity contribution in [3.8, 4) is 6.07 Å². The van der Waals surface area contributed by atoms with Crippen molar-refractivity contribution in [1.29, 1.82) is 5.26 Å². The van der Waals surface area contributed by atoms with E-state index in [0.29, 0.717) is 5.92 Å². The summed E-state index contributed by atoms with van der Waals surface area (Å²) in [4.78, 5) is 5.23. The summed E-state index contributed by atoms with van der Waals surface area (Å²) >= 11 is 1.49. The van der Waals surface area contributed by atoms with Crippen molar-refractivity contribution in [2.75, 3.05) is 13.2 Å². The van der Waals surface area contributed by atoms with Gasteiger partial charge in [0.05, 0.1) is 10.7 Å². The number of hydrogen-bond acceptors (Lipinski definition) is 4. The number of aryl methyl sites for hydroxylation is 1. The zero-order valence-electron chi connectivity index (χ0n) is 8.12. The summed E-state index contributed by atoms with van der Waals surface area (Å²) in [5.41, 5.74) is 0.998. The third kappa shape index (κ3) is 1.79. The van der Waals surface area contributed by atoms with Crippen molar-refractivity contribution in [2.45, 2.75) is 25.7 Å². The summed E-state index contributed by atoms with van der Waals surface area (Å²) in [6.45, 7) is 3.55. The average molecular weight is 208 g/mol. The molecule has 1 aromatic heterocycles. The predicted octanol–water partition coefficient (Wildman–Crippen LogP) is 2.22. The van der Waals surface area contributed by atoms with Gasteiger partial charge in [-0.1, -0.05) is 0 Å². The number of rotatable bonds is 1. The molecule has 4 heteroatoms. The fourth-order valence-corrected chi connectivity index (χ4v) is 2.57. The van der Waals surface area contributed by atoms with Gasteiger partial charge in [-0.25, -0.2) is 4.98 Å². The number of nitrogens with zero attached hydrogens (tertiary/aromatic N) is 2. The summed E-state index contributed by atoms with van der Waals surface area (Å²) in [7, 11) is 0. The molecular formula is C10H12N2OS. The van der Waals surface area contributed by atoms with Gasteiger partial charge in [-0.2, -0.15) is 5.26 Å². The number of hydrogen-bond donors (Lipinski definition) is 0. The molecule has 0 amide bonds. The molecule has 0 saturated carbocycles. The van der Waals surface area contributed by atoms with E-state index < -0.39 is 0 Å². The van der Waals surface area contributed by atoms with Crippen LogP contribution in [0, 0.1) is 18.3 Å². The first kappa shape index (κ1) is 9.63. The van der Waals surface area contributed by atoms with E-state index in [1.807, 2.05) is 6.92 Å². The molecule has 14 heavy (non-hydrogen) atoms. The Hall–Kier alpha value is -0.920. The zero-order valence-corrected chi connectivity index (χ0v) is 8.93. The first-order valence-corrected chi connectivity index (χ1v) is 5.58. The lowest BCUT2D eigenvalue weighted by atomic mass is 9.96. The van der Waals surface area contributed by atoms with Crippen molar-refractivity contribution in [1.82, 2.24) is 4.98 Å². The normalized spacial score (nSPS) is 18.0. The highest BCUT2D eigenvalue weighted by Crippen LogP contribution is 2.31. The highest BCUT2D eigenvalue weighted by Gasteiger charge is 2.22. The molecule has 3 nitrogen and oxygen atoms in total. The van der Waals surface area contributed by atoms with Crippen LogP contribution >= 0.6 is 11.3 Å². The Morgan fingerprint density at radius 1 is 1.50 bits per heavy atom. The second-order valence-corrected chi connectivity index (χ2v) is 4.65. The summed E-state index contributed by atoms with van der Waals surface area (Å²) in [5, 5.41) is 9.94. The number of thiazole rings is 1. The van der Waals surface area contributed by atoms with E-state index in [4.69, 9.17) is 10.00 Å². The molecule has 74 valence electrons. The van der Waals surface area contributed by atoms with Gasteiger partial charge in [-0.05, 0) is 19.8 Å². The van der Waals surface area contributed by atoms with Crippen molar-refractivity contribution in [3.05, 3.63) is 15.6 Å². The Labute approximate surface area is 87.3 Å². The van der Waals surface area contributed by atoms with Gasteiger partial charge in [0.2, 0.25) is 0 Å². The molecular weight excluding hydrogens is 196 g/mol. The van der Waals surface area contributed by atoms with E-state index in [2.05, 4.69) is 11.1 Å². The fourth-order valence-electron chi connectivity index (χ4n) is 1.77. The van der Waals surface area contributed by atoms with Gasteiger partial charge in [0.25, 0.3) is 0 Å². The van der Waals surface area contributed by atoms with Crippen molar-refractivity contribution in [3.63, 3.8) is 0 Å². The monoisotopic (exact) mass is 208 g/mol. The van der Waals surface area contributed by atoms with Crippen LogP contribution in [0.2, 0.25) is 0 Å². The quantitative estimate of drug-likeness (QED) is 0.711. The predicted molar refractivity (Wildman–Crippen MR) is 54.4 cm³/mol. The second-order valence-electron chi connectivity index (χ2n) is 3.45. The fraction of sp³-hybridized carbons (Fsp3) is 0.600.